The molecule has 1 unspecified atom stereocenters. The van der Waals surface area contributed by atoms with Crippen molar-refractivity contribution < 1.29 is 41.0 Å². The summed E-state index contributed by atoms with van der Waals surface area (Å²) in [5, 5.41) is 11.7. The summed E-state index contributed by atoms with van der Waals surface area (Å²) < 4.78 is 85.9. The third-order valence-electron chi connectivity index (χ3n) is 6.10. The lowest BCUT2D eigenvalue weighted by molar-refractivity contribution is -0.138. The molecule has 1 N–H and O–H groups in total. The highest BCUT2D eigenvalue weighted by Crippen LogP contribution is 2.40. The Hall–Kier alpha value is -3.12. The van der Waals surface area contributed by atoms with E-state index in [4.69, 9.17) is 4.74 Å². The maximum atomic E-state index is 13.5. The maximum Gasteiger partial charge on any atom is 0.416 e. The van der Waals surface area contributed by atoms with Crippen LogP contribution in [0.25, 0.3) is 10.6 Å². The van der Waals surface area contributed by atoms with Crippen molar-refractivity contribution in [3.05, 3.63) is 75.3 Å². The minimum atomic E-state index is -4.64. The number of cyclic esters (lactones) is 1. The van der Waals surface area contributed by atoms with Crippen LogP contribution >= 0.6 is 11.3 Å². The van der Waals surface area contributed by atoms with Crippen LogP contribution in [0.4, 0.5) is 31.1 Å². The number of rotatable bonds is 5. The second-order valence-corrected chi connectivity index (χ2v) is 9.78. The zero-order valence-electron chi connectivity index (χ0n) is 19.8. The van der Waals surface area contributed by atoms with E-state index in [1.54, 1.807) is 12.3 Å². The zero-order valence-corrected chi connectivity index (χ0v) is 20.6. The van der Waals surface area contributed by atoms with Gasteiger partial charge in [0, 0.05) is 10.9 Å². The van der Waals surface area contributed by atoms with Crippen LogP contribution in [0.1, 0.15) is 59.6 Å². The molecule has 3 aromatic rings. The Morgan fingerprint density at radius 3 is 2.35 bits per heavy atom. The van der Waals surface area contributed by atoms with Gasteiger partial charge in [0.2, 0.25) is 0 Å². The third kappa shape index (κ3) is 5.59. The lowest BCUT2D eigenvalue weighted by atomic mass is 9.97. The summed E-state index contributed by atoms with van der Waals surface area (Å²) in [5.41, 5.74) is -0.536. The second-order valence-electron chi connectivity index (χ2n) is 8.93. The van der Waals surface area contributed by atoms with E-state index < -0.39 is 47.8 Å². The smallest absolute Gasteiger partial charge is 0.416 e. The first-order valence-electron chi connectivity index (χ1n) is 11.1. The summed E-state index contributed by atoms with van der Waals surface area (Å²) >= 11 is 1.13. The molecule has 3 atom stereocenters. The molecule has 0 aliphatic carbocycles. The van der Waals surface area contributed by atoms with Crippen molar-refractivity contribution >= 4 is 17.4 Å². The van der Waals surface area contributed by atoms with E-state index in [1.807, 2.05) is 0 Å². The highest BCUT2D eigenvalue weighted by atomic mass is 32.1. The number of nitrogens with zero attached hydrogens (tertiary/aromatic N) is 2. The van der Waals surface area contributed by atoms with Gasteiger partial charge in [-0.1, -0.05) is 17.7 Å². The van der Waals surface area contributed by atoms with Gasteiger partial charge in [0.25, 0.3) is 0 Å². The predicted molar refractivity (Wildman–Crippen MR) is 124 cm³/mol. The van der Waals surface area contributed by atoms with Crippen molar-refractivity contribution in [1.82, 2.24) is 9.88 Å². The molecule has 1 aliphatic heterocycles. The number of halogens is 6. The van der Waals surface area contributed by atoms with Crippen molar-refractivity contribution in [2.24, 2.45) is 0 Å². The van der Waals surface area contributed by atoms with E-state index in [0.717, 1.165) is 35.6 Å². The molecule has 0 saturated carbocycles. The molecule has 2 aromatic carbocycles. The third-order valence-corrected chi connectivity index (χ3v) is 7.00. The second kappa shape index (κ2) is 9.64. The summed E-state index contributed by atoms with van der Waals surface area (Å²) in [7, 11) is 0. The number of benzene rings is 2. The first-order chi connectivity index (χ1) is 17.1. The monoisotopic (exact) mass is 544 g/mol. The SMILES string of the molecule is Cc1cc([C@H]2OC(=O)N(Cc3cc(C(F)(F)F)ccc3-c3nc(C(C)O)cs3)[C@H]2C)cc(C(F)(F)F)c1. The normalized spacial score (nSPS) is 19.3. The van der Waals surface area contributed by atoms with Crippen LogP contribution in [0.2, 0.25) is 0 Å². The van der Waals surface area contributed by atoms with Gasteiger partial charge in [0.15, 0.2) is 0 Å². The molecular weight excluding hydrogens is 522 g/mol. The number of hydrogen-bond donors (Lipinski definition) is 1. The number of carbonyl (C=O) groups excluding carboxylic acids is 1. The Bertz CT molecular complexity index is 1320. The van der Waals surface area contributed by atoms with E-state index in [-0.39, 0.29) is 17.7 Å². The fourth-order valence-corrected chi connectivity index (χ4v) is 5.16. The molecule has 5 nitrogen and oxygen atoms in total. The highest BCUT2D eigenvalue weighted by Gasteiger charge is 2.42. The Morgan fingerprint density at radius 2 is 1.76 bits per heavy atom. The molecule has 1 amide bonds. The number of alkyl halides is 6. The van der Waals surface area contributed by atoms with Gasteiger partial charge in [-0.2, -0.15) is 26.3 Å². The standard InChI is InChI=1S/C25H22F6N2O3S/c1-12-6-15(8-18(7-12)25(29,30)31)21-13(2)33(23(35)36-21)10-16-9-17(24(26,27)28)4-5-19(16)22-32-20(11-37-22)14(3)34/h4-9,11,13-14,21,34H,10H2,1-3H3/t13-,14?,21-/m0/s1. The molecule has 0 spiro atoms. The Balaban J connectivity index is 1.70. The van der Waals surface area contributed by atoms with Gasteiger partial charge in [-0.05, 0) is 56.2 Å². The van der Waals surface area contributed by atoms with E-state index in [1.165, 1.54) is 30.9 Å². The average Bonchev–Trinajstić information content (AvgIpc) is 3.38. The molecule has 37 heavy (non-hydrogen) atoms. The summed E-state index contributed by atoms with van der Waals surface area (Å²) in [4.78, 5) is 18.3. The van der Waals surface area contributed by atoms with Crippen LogP contribution < -0.4 is 0 Å². The van der Waals surface area contributed by atoms with E-state index in [9.17, 15) is 36.2 Å². The van der Waals surface area contributed by atoms with Gasteiger partial charge in [0.1, 0.15) is 11.1 Å². The number of ether oxygens (including phenoxy) is 1. The molecule has 12 heteroatoms. The van der Waals surface area contributed by atoms with Crippen LogP contribution in [0.5, 0.6) is 0 Å². The van der Waals surface area contributed by atoms with Crippen molar-refractivity contribution in [3.63, 3.8) is 0 Å². The maximum absolute atomic E-state index is 13.5. The van der Waals surface area contributed by atoms with Gasteiger partial charge in [0.05, 0.1) is 35.5 Å². The van der Waals surface area contributed by atoms with Crippen molar-refractivity contribution in [3.8, 4) is 10.6 Å². The molecule has 0 bridgehead atoms. The van der Waals surface area contributed by atoms with Crippen molar-refractivity contribution in [2.45, 2.75) is 57.9 Å². The topological polar surface area (TPSA) is 62.7 Å². The summed E-state index contributed by atoms with van der Waals surface area (Å²) in [6.07, 6.45) is -12.0. The van der Waals surface area contributed by atoms with Gasteiger partial charge in [-0.25, -0.2) is 9.78 Å². The lowest BCUT2D eigenvalue weighted by Gasteiger charge is -2.23. The number of aliphatic hydroxyl groups is 1. The van der Waals surface area contributed by atoms with Crippen LogP contribution in [0, 0.1) is 6.92 Å². The molecule has 0 radical (unpaired) electrons. The number of thiazole rings is 1. The molecule has 1 aromatic heterocycles. The lowest BCUT2D eigenvalue weighted by Crippen LogP contribution is -2.31. The van der Waals surface area contributed by atoms with E-state index in [2.05, 4.69) is 4.98 Å². The van der Waals surface area contributed by atoms with Crippen molar-refractivity contribution in [2.75, 3.05) is 0 Å². The summed E-state index contributed by atoms with van der Waals surface area (Å²) in [6, 6.07) is 5.67. The molecule has 4 rings (SSSR count). The van der Waals surface area contributed by atoms with Crippen LogP contribution in [-0.2, 0) is 23.6 Å². The largest absolute Gasteiger partial charge is 0.439 e. The number of aryl methyl sites for hydroxylation is 1. The Kier molecular flexibility index (Phi) is 7.02. The number of carbonyl (C=O) groups is 1. The van der Waals surface area contributed by atoms with Gasteiger partial charge in [-0.3, -0.25) is 4.90 Å². The Morgan fingerprint density at radius 1 is 1.08 bits per heavy atom. The van der Waals surface area contributed by atoms with Crippen LogP contribution in [0.15, 0.2) is 41.8 Å². The number of aliphatic hydroxyl groups excluding tert-OH is 1. The molecule has 2 heterocycles. The molecule has 1 fully saturated rings. The van der Waals surface area contributed by atoms with Crippen LogP contribution in [-0.4, -0.2) is 27.1 Å². The van der Waals surface area contributed by atoms with E-state index in [0.29, 0.717) is 21.8 Å². The van der Waals surface area contributed by atoms with Gasteiger partial charge in [-0.15, -0.1) is 11.3 Å². The molecule has 198 valence electrons. The van der Waals surface area contributed by atoms with Gasteiger partial charge < -0.3 is 9.84 Å². The zero-order chi connectivity index (χ0) is 27.3. The number of aromatic nitrogens is 1. The number of amides is 1. The highest BCUT2D eigenvalue weighted by molar-refractivity contribution is 7.13. The van der Waals surface area contributed by atoms with Gasteiger partial charge >= 0.3 is 18.4 Å². The fraction of sp³-hybridized carbons (Fsp3) is 0.360. The minimum absolute atomic E-state index is 0.131. The average molecular weight is 545 g/mol. The summed E-state index contributed by atoms with van der Waals surface area (Å²) in [6.45, 7) is 4.26. The molecule has 1 saturated heterocycles. The van der Waals surface area contributed by atoms with Crippen molar-refractivity contribution in [1.29, 1.82) is 0 Å². The van der Waals surface area contributed by atoms with E-state index >= 15 is 0 Å². The first kappa shape index (κ1) is 26.9. The fourth-order valence-electron chi connectivity index (χ4n) is 4.20. The first-order valence-corrected chi connectivity index (χ1v) is 12.0. The Labute approximate surface area is 212 Å². The minimum Gasteiger partial charge on any atom is -0.439 e. The van der Waals surface area contributed by atoms with Crippen LogP contribution in [0.3, 0.4) is 0 Å². The quantitative estimate of drug-likeness (QED) is 0.343. The molecule has 1 aliphatic rings. The summed E-state index contributed by atoms with van der Waals surface area (Å²) in [5.74, 6) is 0. The number of hydrogen-bond acceptors (Lipinski definition) is 5. The predicted octanol–water partition coefficient (Wildman–Crippen LogP) is 7.29. The molecular formula is C25H22F6N2O3S.